The highest BCUT2D eigenvalue weighted by Gasteiger charge is 2.16. The van der Waals surface area contributed by atoms with Crippen LogP contribution in [-0.4, -0.2) is 31.0 Å². The molecule has 0 radical (unpaired) electrons. The van der Waals surface area contributed by atoms with E-state index < -0.39 is 18.5 Å². The molecular weight excluding hydrogens is 424 g/mol. The second-order valence-electron chi connectivity index (χ2n) is 7.30. The second-order valence-corrected chi connectivity index (χ2v) is 7.30. The molecule has 0 aromatic heterocycles. The van der Waals surface area contributed by atoms with Crippen molar-refractivity contribution in [2.75, 3.05) is 23.8 Å². The molecule has 8 nitrogen and oxygen atoms in total. The lowest BCUT2D eigenvalue weighted by Gasteiger charge is -2.17. The fraction of sp³-hybridized carbons (Fsp3) is 0.160. The summed E-state index contributed by atoms with van der Waals surface area (Å²) in [6, 6.07) is 21.4. The summed E-state index contributed by atoms with van der Waals surface area (Å²) in [6.45, 7) is -0.759. The lowest BCUT2D eigenvalue weighted by Crippen LogP contribution is -2.23. The van der Waals surface area contributed by atoms with Crippen LogP contribution < -0.4 is 20.1 Å². The van der Waals surface area contributed by atoms with Crippen molar-refractivity contribution in [2.45, 2.75) is 12.8 Å². The minimum atomic E-state index is -0.664. The third-order valence-electron chi connectivity index (χ3n) is 4.81. The Hall–Kier alpha value is -4.33. The Bertz CT molecular complexity index is 1150. The first kappa shape index (κ1) is 21.9. The molecule has 1 aliphatic rings. The number of fused-ring (bicyclic) bond motifs is 1. The maximum absolute atomic E-state index is 12.1. The Kier molecular flexibility index (Phi) is 6.84. The van der Waals surface area contributed by atoms with Gasteiger partial charge in [0.15, 0.2) is 13.2 Å². The van der Waals surface area contributed by atoms with Crippen molar-refractivity contribution < 1.29 is 28.6 Å². The Morgan fingerprint density at radius 2 is 1.58 bits per heavy atom. The zero-order chi connectivity index (χ0) is 23.0. The predicted molar refractivity (Wildman–Crippen MR) is 121 cm³/mol. The van der Waals surface area contributed by atoms with Gasteiger partial charge in [0.05, 0.1) is 0 Å². The molecule has 1 heterocycles. The molecule has 3 aromatic carbocycles. The van der Waals surface area contributed by atoms with Gasteiger partial charge in [0.2, 0.25) is 5.91 Å². The molecule has 2 N–H and O–H groups in total. The zero-order valence-corrected chi connectivity index (χ0v) is 17.7. The van der Waals surface area contributed by atoms with Crippen LogP contribution in [0.1, 0.15) is 12.0 Å². The number of hydrogen-bond donors (Lipinski definition) is 2. The molecule has 3 aromatic rings. The van der Waals surface area contributed by atoms with Crippen LogP contribution in [0.15, 0.2) is 72.8 Å². The van der Waals surface area contributed by atoms with Gasteiger partial charge >= 0.3 is 5.97 Å². The van der Waals surface area contributed by atoms with Crippen LogP contribution in [0.25, 0.3) is 0 Å². The van der Waals surface area contributed by atoms with Gasteiger partial charge in [-0.25, -0.2) is 4.79 Å². The minimum absolute atomic E-state index is 0.0190. The second kappa shape index (κ2) is 10.3. The number of hydrogen-bond acceptors (Lipinski definition) is 6. The van der Waals surface area contributed by atoms with Crippen molar-refractivity contribution in [1.29, 1.82) is 0 Å². The Labute approximate surface area is 190 Å². The topological polar surface area (TPSA) is 103 Å². The van der Waals surface area contributed by atoms with Crippen molar-refractivity contribution in [3.05, 3.63) is 78.4 Å². The highest BCUT2D eigenvalue weighted by Crippen LogP contribution is 2.27. The van der Waals surface area contributed by atoms with Crippen LogP contribution in [0.4, 0.5) is 11.4 Å². The number of nitrogens with one attached hydrogen (secondary N) is 2. The van der Waals surface area contributed by atoms with E-state index in [1.54, 1.807) is 42.5 Å². The van der Waals surface area contributed by atoms with Crippen LogP contribution in [0.2, 0.25) is 0 Å². The average molecular weight is 446 g/mol. The molecule has 2 amide bonds. The third-order valence-corrected chi connectivity index (χ3v) is 4.81. The third kappa shape index (κ3) is 6.33. The van der Waals surface area contributed by atoms with Crippen molar-refractivity contribution >= 4 is 29.2 Å². The maximum Gasteiger partial charge on any atom is 0.344 e. The summed E-state index contributed by atoms with van der Waals surface area (Å²) in [5.74, 6) is 0.684. The van der Waals surface area contributed by atoms with Crippen molar-refractivity contribution in [2.24, 2.45) is 0 Å². The lowest BCUT2D eigenvalue weighted by atomic mass is 10.0. The van der Waals surface area contributed by atoms with Crippen molar-refractivity contribution in [1.82, 2.24) is 0 Å². The zero-order valence-electron chi connectivity index (χ0n) is 17.7. The van der Waals surface area contributed by atoms with E-state index in [1.807, 2.05) is 30.3 Å². The van der Waals surface area contributed by atoms with Gasteiger partial charge < -0.3 is 24.8 Å². The van der Waals surface area contributed by atoms with E-state index in [-0.39, 0.29) is 12.5 Å². The van der Waals surface area contributed by atoms with Crippen LogP contribution in [0.5, 0.6) is 17.2 Å². The average Bonchev–Trinajstić information content (AvgIpc) is 2.83. The molecule has 0 unspecified atom stereocenters. The first-order valence-corrected chi connectivity index (χ1v) is 10.4. The number of carbonyl (C=O) groups excluding carboxylic acids is 3. The number of ether oxygens (including phenoxy) is 3. The summed E-state index contributed by atoms with van der Waals surface area (Å²) in [7, 11) is 0. The Balaban J connectivity index is 1.19. The maximum atomic E-state index is 12.1. The normalized spacial score (nSPS) is 12.2. The first-order valence-electron chi connectivity index (χ1n) is 10.4. The minimum Gasteiger partial charge on any atom is -0.482 e. The number of anilines is 2. The molecule has 0 saturated heterocycles. The van der Waals surface area contributed by atoms with E-state index in [4.69, 9.17) is 14.2 Å². The van der Waals surface area contributed by atoms with Crippen LogP contribution in [0.3, 0.4) is 0 Å². The predicted octanol–water partition coefficient (Wildman–Crippen LogP) is 3.92. The van der Waals surface area contributed by atoms with E-state index >= 15 is 0 Å². The molecule has 0 saturated carbocycles. The Morgan fingerprint density at radius 1 is 0.848 bits per heavy atom. The summed E-state index contributed by atoms with van der Waals surface area (Å²) in [5.41, 5.74) is 2.24. The fourth-order valence-electron chi connectivity index (χ4n) is 3.21. The molecule has 4 rings (SSSR count). The van der Waals surface area contributed by atoms with Crippen LogP contribution >= 0.6 is 0 Å². The first-order chi connectivity index (χ1) is 16.0. The number of rotatable bonds is 8. The van der Waals surface area contributed by atoms with E-state index in [1.165, 1.54) is 0 Å². The molecule has 0 bridgehead atoms. The van der Waals surface area contributed by atoms with Crippen molar-refractivity contribution in [3.8, 4) is 17.2 Å². The Morgan fingerprint density at radius 3 is 2.36 bits per heavy atom. The molecule has 0 aliphatic carbocycles. The highest BCUT2D eigenvalue weighted by atomic mass is 16.6. The van der Waals surface area contributed by atoms with Gasteiger partial charge in [-0.2, -0.15) is 0 Å². The van der Waals surface area contributed by atoms with Gasteiger partial charge in [0, 0.05) is 17.8 Å². The summed E-state index contributed by atoms with van der Waals surface area (Å²) in [4.78, 5) is 35.4. The number of aryl methyl sites for hydroxylation is 1. The number of amides is 2. The fourth-order valence-corrected chi connectivity index (χ4v) is 3.21. The van der Waals surface area contributed by atoms with Crippen LogP contribution in [-0.2, 0) is 25.5 Å². The van der Waals surface area contributed by atoms with E-state index in [2.05, 4.69) is 10.6 Å². The molecule has 0 spiro atoms. The quantitative estimate of drug-likeness (QED) is 0.509. The monoisotopic (exact) mass is 446 g/mol. The van der Waals surface area contributed by atoms with Gasteiger partial charge in [0.1, 0.15) is 17.2 Å². The van der Waals surface area contributed by atoms with Gasteiger partial charge in [-0.15, -0.1) is 0 Å². The van der Waals surface area contributed by atoms with Gasteiger partial charge in [0.25, 0.3) is 5.91 Å². The summed E-state index contributed by atoms with van der Waals surface area (Å²) < 4.78 is 16.1. The van der Waals surface area contributed by atoms with E-state index in [0.29, 0.717) is 35.8 Å². The SMILES string of the molecule is O=C(COC(=O)COc1ccc2c(c1)CCC(=O)N2)Nc1ccc(Oc2ccccc2)cc1. The van der Waals surface area contributed by atoms with Crippen molar-refractivity contribution in [3.63, 3.8) is 0 Å². The summed E-state index contributed by atoms with van der Waals surface area (Å²) >= 11 is 0. The standard InChI is InChI=1S/C25H22N2O6/c28-23-13-6-17-14-21(11-12-22(17)27-23)31-16-25(30)32-15-24(29)26-18-7-9-20(10-8-18)33-19-4-2-1-3-5-19/h1-5,7-12,14H,6,13,15-16H2,(H,26,29)(H,27,28). The number of esters is 1. The molecule has 1 aliphatic heterocycles. The molecule has 0 fully saturated rings. The van der Waals surface area contributed by atoms with Gasteiger partial charge in [-0.1, -0.05) is 18.2 Å². The summed E-state index contributed by atoms with van der Waals surface area (Å²) in [6.07, 6.45) is 1.03. The molecule has 0 atom stereocenters. The molecule has 8 heteroatoms. The highest BCUT2D eigenvalue weighted by molar-refractivity contribution is 5.94. The van der Waals surface area contributed by atoms with Gasteiger partial charge in [-0.05, 0) is 66.6 Å². The lowest BCUT2D eigenvalue weighted by molar-refractivity contribution is -0.149. The smallest absolute Gasteiger partial charge is 0.344 e. The van der Waals surface area contributed by atoms with Gasteiger partial charge in [-0.3, -0.25) is 9.59 Å². The molecule has 33 heavy (non-hydrogen) atoms. The van der Waals surface area contributed by atoms with E-state index in [9.17, 15) is 14.4 Å². The van der Waals surface area contributed by atoms with Crippen LogP contribution in [0, 0.1) is 0 Å². The van der Waals surface area contributed by atoms with E-state index in [0.717, 1.165) is 11.3 Å². The number of benzene rings is 3. The summed E-state index contributed by atoms with van der Waals surface area (Å²) in [5, 5.41) is 5.43. The largest absolute Gasteiger partial charge is 0.482 e. The number of carbonyl (C=O) groups is 3. The number of para-hydroxylation sites is 1. The molecule has 168 valence electrons. The molecular formula is C25H22N2O6.